The largest absolute Gasteiger partial charge is 0.497 e. The van der Waals surface area contributed by atoms with Crippen molar-refractivity contribution < 1.29 is 28.2 Å². The van der Waals surface area contributed by atoms with Crippen molar-refractivity contribution >= 4 is 17.7 Å². The predicted molar refractivity (Wildman–Crippen MR) is 129 cm³/mol. The minimum atomic E-state index is -0.751. The highest BCUT2D eigenvalue weighted by Gasteiger charge is 2.34. The quantitative estimate of drug-likeness (QED) is 0.505. The van der Waals surface area contributed by atoms with E-state index in [2.05, 4.69) is 10.6 Å². The molecule has 0 unspecified atom stereocenters. The first-order chi connectivity index (χ1) is 16.9. The summed E-state index contributed by atoms with van der Waals surface area (Å²) < 4.78 is 23.7. The Labute approximate surface area is 204 Å². The van der Waals surface area contributed by atoms with E-state index in [1.165, 1.54) is 18.2 Å². The lowest BCUT2D eigenvalue weighted by molar-refractivity contribution is -0.124. The fourth-order valence-electron chi connectivity index (χ4n) is 4.14. The SMILES string of the molecule is COCCCNC(=O)[C@H](NC(=O)c1ccc(OC)cc1)C1CCN(C(=O)c2cccc(F)c2)CC1. The molecule has 0 aromatic heterocycles. The highest BCUT2D eigenvalue weighted by Crippen LogP contribution is 2.23. The van der Waals surface area contributed by atoms with Crippen LogP contribution in [0.5, 0.6) is 5.75 Å². The maximum Gasteiger partial charge on any atom is 0.253 e. The number of ether oxygens (including phenoxy) is 2. The van der Waals surface area contributed by atoms with Gasteiger partial charge in [-0.2, -0.15) is 0 Å². The second-order valence-corrected chi connectivity index (χ2v) is 8.46. The molecule has 1 saturated heterocycles. The number of methoxy groups -OCH3 is 2. The summed E-state index contributed by atoms with van der Waals surface area (Å²) in [7, 11) is 3.14. The molecule has 2 aromatic rings. The Morgan fingerprint density at radius 3 is 2.40 bits per heavy atom. The standard InChI is InChI=1S/C26H32FN3O5/c1-34-16-4-13-28-25(32)23(29-24(31)19-7-9-22(35-2)10-8-19)18-11-14-30(15-12-18)26(33)20-5-3-6-21(27)17-20/h3,5-10,17-18,23H,4,11-16H2,1-2H3,(H,28,32)(H,29,31)/t23-/m1/s1. The van der Waals surface area contributed by atoms with Crippen LogP contribution in [-0.4, -0.2) is 69.1 Å². The van der Waals surface area contributed by atoms with Crippen LogP contribution >= 0.6 is 0 Å². The molecule has 0 bridgehead atoms. The van der Waals surface area contributed by atoms with Gasteiger partial charge in [-0.25, -0.2) is 4.39 Å². The van der Waals surface area contributed by atoms with Crippen molar-refractivity contribution in [1.29, 1.82) is 0 Å². The summed E-state index contributed by atoms with van der Waals surface area (Å²) in [6.45, 7) is 1.76. The summed E-state index contributed by atoms with van der Waals surface area (Å²) in [5, 5.41) is 5.77. The number of likely N-dealkylation sites (tertiary alicyclic amines) is 1. The molecule has 3 rings (SSSR count). The number of carbonyl (C=O) groups is 3. The number of piperidine rings is 1. The summed E-state index contributed by atoms with van der Waals surface area (Å²) >= 11 is 0. The average Bonchev–Trinajstić information content (AvgIpc) is 2.89. The number of hydrogen-bond acceptors (Lipinski definition) is 5. The molecular weight excluding hydrogens is 453 g/mol. The molecule has 1 aliphatic rings. The van der Waals surface area contributed by atoms with Crippen LogP contribution in [0.15, 0.2) is 48.5 Å². The number of nitrogens with zero attached hydrogens (tertiary/aromatic N) is 1. The number of carbonyl (C=O) groups excluding carboxylic acids is 3. The number of amides is 3. The van der Waals surface area contributed by atoms with Crippen LogP contribution < -0.4 is 15.4 Å². The van der Waals surface area contributed by atoms with E-state index >= 15 is 0 Å². The van der Waals surface area contributed by atoms with Crippen molar-refractivity contribution in [2.45, 2.75) is 25.3 Å². The van der Waals surface area contributed by atoms with Gasteiger partial charge in [-0.05, 0) is 67.6 Å². The summed E-state index contributed by atoms with van der Waals surface area (Å²) in [5.41, 5.74) is 0.713. The molecule has 8 nitrogen and oxygen atoms in total. The van der Waals surface area contributed by atoms with Gasteiger partial charge in [-0.15, -0.1) is 0 Å². The Balaban J connectivity index is 1.66. The van der Waals surface area contributed by atoms with Crippen LogP contribution in [0, 0.1) is 11.7 Å². The zero-order valence-electron chi connectivity index (χ0n) is 20.1. The van der Waals surface area contributed by atoms with Gasteiger partial charge in [-0.1, -0.05) is 6.07 Å². The number of rotatable bonds is 10. The van der Waals surface area contributed by atoms with Crippen LogP contribution in [0.4, 0.5) is 4.39 Å². The normalized spacial score (nSPS) is 14.8. The maximum atomic E-state index is 13.5. The molecule has 35 heavy (non-hydrogen) atoms. The van der Waals surface area contributed by atoms with E-state index in [9.17, 15) is 18.8 Å². The third kappa shape index (κ3) is 7.26. The average molecular weight is 486 g/mol. The first-order valence-corrected chi connectivity index (χ1v) is 11.7. The van der Waals surface area contributed by atoms with Gasteiger partial charge in [0.25, 0.3) is 11.8 Å². The molecule has 1 fully saturated rings. The molecular formula is C26H32FN3O5. The molecule has 0 spiro atoms. The van der Waals surface area contributed by atoms with Crippen LogP contribution in [0.1, 0.15) is 40.0 Å². The lowest BCUT2D eigenvalue weighted by Gasteiger charge is -2.36. The van der Waals surface area contributed by atoms with E-state index in [1.54, 1.807) is 49.5 Å². The van der Waals surface area contributed by atoms with Gasteiger partial charge in [0, 0.05) is 44.5 Å². The highest BCUT2D eigenvalue weighted by molar-refractivity contribution is 5.98. The van der Waals surface area contributed by atoms with Gasteiger partial charge in [0.2, 0.25) is 5.91 Å². The van der Waals surface area contributed by atoms with Gasteiger partial charge in [0.15, 0.2) is 0 Å². The molecule has 1 atom stereocenters. The summed E-state index contributed by atoms with van der Waals surface area (Å²) in [6, 6.07) is 11.5. The van der Waals surface area contributed by atoms with E-state index in [-0.39, 0.29) is 23.6 Å². The Bertz CT molecular complexity index is 1010. The number of nitrogens with one attached hydrogen (secondary N) is 2. The molecule has 3 amide bonds. The second-order valence-electron chi connectivity index (χ2n) is 8.46. The Morgan fingerprint density at radius 1 is 1.06 bits per heavy atom. The Kier molecular flexibility index (Phi) is 9.60. The lowest BCUT2D eigenvalue weighted by Crippen LogP contribution is -2.54. The van der Waals surface area contributed by atoms with Crippen molar-refractivity contribution in [3.05, 3.63) is 65.5 Å². The Morgan fingerprint density at radius 2 is 1.77 bits per heavy atom. The molecule has 0 saturated carbocycles. The molecule has 0 aliphatic carbocycles. The molecule has 1 heterocycles. The van der Waals surface area contributed by atoms with Crippen molar-refractivity contribution in [3.63, 3.8) is 0 Å². The predicted octanol–water partition coefficient (Wildman–Crippen LogP) is 2.64. The van der Waals surface area contributed by atoms with Gasteiger partial charge in [0.05, 0.1) is 7.11 Å². The van der Waals surface area contributed by atoms with Crippen LogP contribution in [0.2, 0.25) is 0 Å². The zero-order valence-corrected chi connectivity index (χ0v) is 20.1. The van der Waals surface area contributed by atoms with E-state index in [1.807, 2.05) is 0 Å². The van der Waals surface area contributed by atoms with Crippen LogP contribution in [-0.2, 0) is 9.53 Å². The van der Waals surface area contributed by atoms with E-state index < -0.39 is 11.9 Å². The Hall–Kier alpha value is -3.46. The maximum absolute atomic E-state index is 13.5. The molecule has 9 heteroatoms. The molecule has 2 aromatic carbocycles. The lowest BCUT2D eigenvalue weighted by atomic mass is 9.88. The number of hydrogen-bond donors (Lipinski definition) is 2. The van der Waals surface area contributed by atoms with Gasteiger partial charge >= 0.3 is 0 Å². The first kappa shape index (κ1) is 26.2. The van der Waals surface area contributed by atoms with E-state index in [4.69, 9.17) is 9.47 Å². The van der Waals surface area contributed by atoms with Crippen LogP contribution in [0.3, 0.4) is 0 Å². The number of benzene rings is 2. The minimum absolute atomic E-state index is 0.156. The van der Waals surface area contributed by atoms with E-state index in [0.717, 1.165) is 0 Å². The second kappa shape index (κ2) is 12.9. The monoisotopic (exact) mass is 485 g/mol. The van der Waals surface area contributed by atoms with Crippen molar-refractivity contribution in [3.8, 4) is 5.75 Å². The third-order valence-electron chi connectivity index (χ3n) is 6.12. The van der Waals surface area contributed by atoms with Crippen LogP contribution in [0.25, 0.3) is 0 Å². The summed E-state index contributed by atoms with van der Waals surface area (Å²) in [6.07, 6.45) is 1.71. The van der Waals surface area contributed by atoms with E-state index in [0.29, 0.717) is 62.4 Å². The first-order valence-electron chi connectivity index (χ1n) is 11.7. The molecule has 0 radical (unpaired) electrons. The molecule has 188 valence electrons. The zero-order chi connectivity index (χ0) is 25.2. The van der Waals surface area contributed by atoms with Gasteiger partial charge in [0.1, 0.15) is 17.6 Å². The van der Waals surface area contributed by atoms with Gasteiger partial charge < -0.3 is 25.0 Å². The number of halogens is 1. The van der Waals surface area contributed by atoms with Crippen molar-refractivity contribution in [2.75, 3.05) is 40.5 Å². The minimum Gasteiger partial charge on any atom is -0.497 e. The smallest absolute Gasteiger partial charge is 0.253 e. The highest BCUT2D eigenvalue weighted by atomic mass is 19.1. The van der Waals surface area contributed by atoms with Crippen molar-refractivity contribution in [1.82, 2.24) is 15.5 Å². The van der Waals surface area contributed by atoms with Gasteiger partial charge in [-0.3, -0.25) is 14.4 Å². The topological polar surface area (TPSA) is 97.0 Å². The summed E-state index contributed by atoms with van der Waals surface area (Å²) in [4.78, 5) is 40.4. The summed E-state index contributed by atoms with van der Waals surface area (Å²) in [5.74, 6) is -0.857. The fraction of sp³-hybridized carbons (Fsp3) is 0.423. The molecule has 1 aliphatic heterocycles. The molecule has 2 N–H and O–H groups in total. The third-order valence-corrected chi connectivity index (χ3v) is 6.12. The fourth-order valence-corrected chi connectivity index (χ4v) is 4.14. The van der Waals surface area contributed by atoms with Crippen molar-refractivity contribution in [2.24, 2.45) is 5.92 Å².